The van der Waals surface area contributed by atoms with Crippen LogP contribution in [0, 0.1) is 0 Å². The van der Waals surface area contributed by atoms with Crippen molar-refractivity contribution in [2.45, 2.75) is 0 Å². The monoisotopic (exact) mass is 372 g/mol. The van der Waals surface area contributed by atoms with E-state index in [0.29, 0.717) is 24.7 Å². The van der Waals surface area contributed by atoms with Gasteiger partial charge in [0.2, 0.25) is 0 Å². The predicted molar refractivity (Wildman–Crippen MR) is 99.4 cm³/mol. The minimum Gasteiger partial charge on any atom is -0.497 e. The number of hydrogen-bond acceptors (Lipinski definition) is 6. The Morgan fingerprint density at radius 2 is 1.67 bits per heavy atom. The van der Waals surface area contributed by atoms with Crippen molar-refractivity contribution in [2.75, 3.05) is 33.5 Å². The molecule has 0 aliphatic carbocycles. The van der Waals surface area contributed by atoms with Crippen molar-refractivity contribution in [1.29, 1.82) is 0 Å². The first kappa shape index (κ1) is 18.7. The van der Waals surface area contributed by atoms with Gasteiger partial charge in [-0.3, -0.25) is 0 Å². The summed E-state index contributed by atoms with van der Waals surface area (Å²) in [7, 11) is 1.60. The molecule has 0 unspecified atom stereocenters. The molecule has 2 N–H and O–H groups in total. The van der Waals surface area contributed by atoms with Crippen molar-refractivity contribution < 1.29 is 18.6 Å². The minimum absolute atomic E-state index is 0.0993. The number of hydrogen-bond donors (Lipinski definition) is 1. The van der Waals surface area contributed by atoms with E-state index in [4.69, 9.17) is 19.9 Å². The van der Waals surface area contributed by atoms with Crippen molar-refractivity contribution in [3.63, 3.8) is 0 Å². The molecular formula is C19H21FN4O3. The van der Waals surface area contributed by atoms with E-state index in [0.717, 1.165) is 17.0 Å². The predicted octanol–water partition coefficient (Wildman–Crippen LogP) is 2.63. The molecule has 0 saturated heterocycles. The summed E-state index contributed by atoms with van der Waals surface area (Å²) in [6.07, 6.45) is 0. The zero-order valence-electron chi connectivity index (χ0n) is 15.0. The van der Waals surface area contributed by atoms with Crippen molar-refractivity contribution in [2.24, 2.45) is 5.73 Å². The zero-order valence-corrected chi connectivity index (χ0v) is 15.0. The summed E-state index contributed by atoms with van der Waals surface area (Å²) in [4.78, 5) is 4.40. The Morgan fingerprint density at radius 3 is 2.30 bits per heavy atom. The summed E-state index contributed by atoms with van der Waals surface area (Å²) in [5.74, 6) is 2.02. The lowest BCUT2D eigenvalue weighted by Crippen LogP contribution is -2.10. The Balaban J connectivity index is 1.95. The zero-order chi connectivity index (χ0) is 19.1. The molecule has 0 spiro atoms. The van der Waals surface area contributed by atoms with Crippen LogP contribution in [0.1, 0.15) is 0 Å². The number of benzene rings is 2. The van der Waals surface area contributed by atoms with Crippen molar-refractivity contribution in [1.82, 2.24) is 14.8 Å². The van der Waals surface area contributed by atoms with Gasteiger partial charge in [0.1, 0.15) is 31.4 Å². The van der Waals surface area contributed by atoms with Gasteiger partial charge in [-0.25, -0.2) is 9.07 Å². The first-order valence-corrected chi connectivity index (χ1v) is 8.48. The first-order valence-electron chi connectivity index (χ1n) is 8.48. The number of nitrogens with two attached hydrogens (primary N) is 1. The van der Waals surface area contributed by atoms with Gasteiger partial charge in [-0.2, -0.15) is 4.98 Å². The maximum absolute atomic E-state index is 12.4. The van der Waals surface area contributed by atoms with Gasteiger partial charge in [-0.05, 0) is 48.5 Å². The SMILES string of the molecule is COc1ccc(-n2nc(OCCF)nc2-c2ccc(OCCN)cc2)cc1. The topological polar surface area (TPSA) is 84.4 Å². The lowest BCUT2D eigenvalue weighted by atomic mass is 10.2. The van der Waals surface area contributed by atoms with E-state index in [1.54, 1.807) is 11.8 Å². The highest BCUT2D eigenvalue weighted by molar-refractivity contribution is 5.59. The largest absolute Gasteiger partial charge is 0.497 e. The number of ether oxygens (including phenoxy) is 3. The first-order chi connectivity index (χ1) is 13.2. The average Bonchev–Trinajstić information content (AvgIpc) is 3.15. The molecule has 3 aromatic rings. The molecule has 0 fully saturated rings. The maximum atomic E-state index is 12.4. The van der Waals surface area contributed by atoms with Crippen LogP contribution in [0.3, 0.4) is 0 Å². The van der Waals surface area contributed by atoms with Gasteiger partial charge in [0.15, 0.2) is 5.82 Å². The van der Waals surface area contributed by atoms with Crippen LogP contribution in [0.5, 0.6) is 17.5 Å². The molecule has 0 saturated carbocycles. The van der Waals surface area contributed by atoms with Crippen molar-refractivity contribution >= 4 is 0 Å². The highest BCUT2D eigenvalue weighted by Gasteiger charge is 2.15. The molecule has 0 atom stereocenters. The number of alkyl halides is 1. The summed E-state index contributed by atoms with van der Waals surface area (Å²) in [5.41, 5.74) is 7.04. The van der Waals surface area contributed by atoms with Crippen LogP contribution < -0.4 is 19.9 Å². The third-order valence-electron chi connectivity index (χ3n) is 3.71. The fraction of sp³-hybridized carbons (Fsp3) is 0.263. The number of rotatable bonds is 9. The highest BCUT2D eigenvalue weighted by Crippen LogP contribution is 2.26. The molecule has 0 amide bonds. The minimum atomic E-state index is -0.612. The van der Waals surface area contributed by atoms with Crippen molar-refractivity contribution in [3.05, 3.63) is 48.5 Å². The smallest absolute Gasteiger partial charge is 0.336 e. The normalized spacial score (nSPS) is 10.6. The van der Waals surface area contributed by atoms with E-state index in [9.17, 15) is 4.39 Å². The van der Waals surface area contributed by atoms with Gasteiger partial charge in [-0.15, -0.1) is 5.10 Å². The quantitative estimate of drug-likeness (QED) is 0.622. The fourth-order valence-electron chi connectivity index (χ4n) is 2.45. The summed E-state index contributed by atoms with van der Waals surface area (Å²) >= 11 is 0. The van der Waals surface area contributed by atoms with Crippen LogP contribution >= 0.6 is 0 Å². The second-order valence-electron chi connectivity index (χ2n) is 5.53. The van der Waals surface area contributed by atoms with Gasteiger partial charge < -0.3 is 19.9 Å². The Hall–Kier alpha value is -3.13. The highest BCUT2D eigenvalue weighted by atomic mass is 19.1. The van der Waals surface area contributed by atoms with E-state index in [2.05, 4.69) is 10.1 Å². The second-order valence-corrected chi connectivity index (χ2v) is 5.53. The van der Waals surface area contributed by atoms with Crippen LogP contribution in [0.25, 0.3) is 17.1 Å². The van der Waals surface area contributed by atoms with E-state index >= 15 is 0 Å². The number of halogens is 1. The second kappa shape index (κ2) is 9.00. The summed E-state index contributed by atoms with van der Waals surface area (Å²) in [6.45, 7) is 0.183. The van der Waals surface area contributed by atoms with Crippen molar-refractivity contribution in [3.8, 4) is 34.6 Å². The maximum Gasteiger partial charge on any atom is 0.336 e. The summed E-state index contributed by atoms with van der Waals surface area (Å²) in [6, 6.07) is 14.9. The molecule has 8 heteroatoms. The fourth-order valence-corrected chi connectivity index (χ4v) is 2.45. The average molecular weight is 372 g/mol. The van der Waals surface area contributed by atoms with E-state index in [1.807, 2.05) is 48.5 Å². The molecule has 142 valence electrons. The summed E-state index contributed by atoms with van der Waals surface area (Å²) < 4.78 is 30.0. The lowest BCUT2D eigenvalue weighted by molar-refractivity contribution is 0.255. The van der Waals surface area contributed by atoms with Crippen LogP contribution in [0.15, 0.2) is 48.5 Å². The molecule has 27 heavy (non-hydrogen) atoms. The van der Waals surface area contributed by atoms with E-state index < -0.39 is 6.67 Å². The van der Waals surface area contributed by atoms with E-state index in [1.165, 1.54) is 0 Å². The Kier molecular flexibility index (Phi) is 6.22. The molecule has 7 nitrogen and oxygen atoms in total. The van der Waals surface area contributed by atoms with E-state index in [-0.39, 0.29) is 12.6 Å². The van der Waals surface area contributed by atoms with Gasteiger partial charge >= 0.3 is 6.01 Å². The molecule has 1 aromatic heterocycles. The number of methoxy groups -OCH3 is 1. The van der Waals surface area contributed by atoms with Gasteiger partial charge in [0.05, 0.1) is 12.8 Å². The number of nitrogens with zero attached hydrogens (tertiary/aromatic N) is 3. The molecule has 3 rings (SSSR count). The molecular weight excluding hydrogens is 351 g/mol. The third kappa shape index (κ3) is 4.53. The standard InChI is InChI=1S/C19H21FN4O3/c1-25-16-8-4-15(5-9-16)24-18(22-19(23-24)27-12-10-20)14-2-6-17(7-3-14)26-13-11-21/h2-9H,10-13,21H2,1H3. The van der Waals surface area contributed by atoms with Crippen LogP contribution in [-0.2, 0) is 0 Å². The molecule has 1 heterocycles. The van der Waals surface area contributed by atoms with Crippen LogP contribution in [0.4, 0.5) is 4.39 Å². The molecule has 0 aliphatic heterocycles. The Labute approximate surface area is 156 Å². The van der Waals surface area contributed by atoms with Gasteiger partial charge in [0.25, 0.3) is 0 Å². The molecule has 0 bridgehead atoms. The van der Waals surface area contributed by atoms with Gasteiger partial charge in [-0.1, -0.05) is 0 Å². The van der Waals surface area contributed by atoms with Crippen LogP contribution in [-0.4, -0.2) is 48.3 Å². The Bertz CT molecular complexity index is 850. The molecule has 0 aliphatic rings. The molecule has 0 radical (unpaired) electrons. The van der Waals surface area contributed by atoms with Gasteiger partial charge in [0, 0.05) is 12.1 Å². The third-order valence-corrected chi connectivity index (χ3v) is 3.71. The lowest BCUT2D eigenvalue weighted by Gasteiger charge is -2.08. The number of aromatic nitrogens is 3. The Morgan fingerprint density at radius 1 is 0.963 bits per heavy atom. The molecule has 2 aromatic carbocycles. The summed E-state index contributed by atoms with van der Waals surface area (Å²) in [5, 5.41) is 4.35. The van der Waals surface area contributed by atoms with Crippen LogP contribution in [0.2, 0.25) is 0 Å².